The van der Waals surface area contributed by atoms with Gasteiger partial charge in [0, 0.05) is 24.5 Å². The van der Waals surface area contributed by atoms with E-state index < -0.39 is 24.5 Å². The van der Waals surface area contributed by atoms with Crippen molar-refractivity contribution >= 4 is 28.6 Å². The summed E-state index contributed by atoms with van der Waals surface area (Å²) < 4.78 is 21.9. The molecule has 0 spiro atoms. The highest BCUT2D eigenvalue weighted by Gasteiger charge is 2.35. The maximum atomic E-state index is 13.1. The molecule has 1 aliphatic rings. The van der Waals surface area contributed by atoms with Crippen molar-refractivity contribution in [1.82, 2.24) is 5.01 Å². The highest BCUT2D eigenvalue weighted by atomic mass is 16.5. The molecular weight excluding hydrogens is 448 g/mol. The zero-order chi connectivity index (χ0) is 24.4. The van der Waals surface area contributed by atoms with Crippen molar-refractivity contribution < 1.29 is 27.9 Å². The Morgan fingerprint density at radius 1 is 1.09 bits per heavy atom. The van der Waals surface area contributed by atoms with Crippen LogP contribution in [0.5, 0.6) is 0 Å². The minimum atomic E-state index is -0.738. The Morgan fingerprint density at radius 3 is 2.63 bits per heavy atom. The lowest BCUT2D eigenvalue weighted by Gasteiger charge is -2.19. The molecular formula is C27H24N2O6. The van der Waals surface area contributed by atoms with E-state index in [0.717, 1.165) is 22.2 Å². The number of esters is 1. The van der Waals surface area contributed by atoms with Crippen LogP contribution < -0.4 is 0 Å². The molecule has 1 amide bonds. The molecule has 1 unspecified atom stereocenters. The summed E-state index contributed by atoms with van der Waals surface area (Å²) >= 11 is 0. The standard InChI is InChI=1S/C27H24N2O6/c1-17-9-11-18(12-10-17)21-14-22(24-8-5-13-33-24)29(28-21)25(30)16-34-27(31)26-20(15-32-2)19-6-3-4-7-23(19)35-26/h3-13,22H,14-16H2,1-2H3. The Hall–Kier alpha value is -4.17. The Balaban J connectivity index is 1.36. The number of hydrogen-bond donors (Lipinski definition) is 0. The minimum Gasteiger partial charge on any atom is -0.467 e. The number of methoxy groups -OCH3 is 1. The van der Waals surface area contributed by atoms with E-state index in [0.29, 0.717) is 23.3 Å². The van der Waals surface area contributed by atoms with E-state index in [1.165, 1.54) is 12.1 Å². The molecule has 0 fully saturated rings. The van der Waals surface area contributed by atoms with Crippen LogP contribution in [0.1, 0.15) is 45.5 Å². The summed E-state index contributed by atoms with van der Waals surface area (Å²) in [5.41, 5.74) is 3.93. The first-order valence-corrected chi connectivity index (χ1v) is 11.2. The van der Waals surface area contributed by atoms with Crippen LogP contribution in [0.2, 0.25) is 0 Å². The SMILES string of the molecule is COCc1c(C(=O)OCC(=O)N2N=C(c3ccc(C)cc3)CC2c2ccco2)oc2ccccc12. The highest BCUT2D eigenvalue weighted by molar-refractivity contribution is 6.03. The zero-order valence-electron chi connectivity index (χ0n) is 19.4. The quantitative estimate of drug-likeness (QED) is 0.351. The molecule has 0 saturated heterocycles. The van der Waals surface area contributed by atoms with Crippen LogP contribution >= 0.6 is 0 Å². The Kier molecular flexibility index (Phi) is 6.20. The number of carbonyl (C=O) groups is 2. The molecule has 8 nitrogen and oxygen atoms in total. The van der Waals surface area contributed by atoms with E-state index in [2.05, 4.69) is 5.10 Å². The van der Waals surface area contributed by atoms with Gasteiger partial charge in [-0.05, 0) is 30.7 Å². The van der Waals surface area contributed by atoms with Gasteiger partial charge in [-0.1, -0.05) is 48.0 Å². The number of carbonyl (C=O) groups excluding carboxylic acids is 2. The van der Waals surface area contributed by atoms with E-state index in [4.69, 9.17) is 18.3 Å². The number of furan rings is 2. The molecule has 2 aromatic carbocycles. The van der Waals surface area contributed by atoms with Gasteiger partial charge in [-0.3, -0.25) is 4.79 Å². The van der Waals surface area contributed by atoms with Crippen LogP contribution in [0.25, 0.3) is 11.0 Å². The fourth-order valence-electron chi connectivity index (χ4n) is 4.17. The Labute approximate surface area is 201 Å². The molecule has 35 heavy (non-hydrogen) atoms. The minimum absolute atomic E-state index is 0.0219. The fraction of sp³-hybridized carbons (Fsp3) is 0.222. The molecule has 0 bridgehead atoms. The summed E-state index contributed by atoms with van der Waals surface area (Å²) in [5, 5.41) is 6.65. The molecule has 4 aromatic rings. The average Bonchev–Trinajstić information content (AvgIpc) is 3.62. The van der Waals surface area contributed by atoms with Crippen molar-refractivity contribution in [1.29, 1.82) is 0 Å². The molecule has 2 aromatic heterocycles. The number of hydrazone groups is 1. The lowest BCUT2D eigenvalue weighted by Crippen LogP contribution is -2.31. The number of hydrogen-bond acceptors (Lipinski definition) is 7. The summed E-state index contributed by atoms with van der Waals surface area (Å²) in [6.07, 6.45) is 2.04. The molecule has 0 aliphatic carbocycles. The lowest BCUT2D eigenvalue weighted by molar-refractivity contribution is -0.136. The van der Waals surface area contributed by atoms with Gasteiger partial charge in [0.2, 0.25) is 5.76 Å². The third kappa shape index (κ3) is 4.48. The predicted octanol–water partition coefficient (Wildman–Crippen LogP) is 5.02. The summed E-state index contributed by atoms with van der Waals surface area (Å²) in [7, 11) is 1.53. The maximum Gasteiger partial charge on any atom is 0.375 e. The normalized spacial score (nSPS) is 15.4. The topological polar surface area (TPSA) is 94.5 Å². The molecule has 0 saturated carbocycles. The van der Waals surface area contributed by atoms with Gasteiger partial charge in [0.15, 0.2) is 6.61 Å². The van der Waals surface area contributed by atoms with Gasteiger partial charge in [0.1, 0.15) is 17.4 Å². The number of amides is 1. The van der Waals surface area contributed by atoms with E-state index >= 15 is 0 Å². The Bertz CT molecular complexity index is 1390. The summed E-state index contributed by atoms with van der Waals surface area (Å²) in [6, 6.07) is 18.3. The van der Waals surface area contributed by atoms with Crippen LogP contribution in [0.15, 0.2) is 80.9 Å². The van der Waals surface area contributed by atoms with Gasteiger partial charge in [-0.15, -0.1) is 0 Å². The van der Waals surface area contributed by atoms with Crippen LogP contribution in [-0.4, -0.2) is 36.3 Å². The van der Waals surface area contributed by atoms with Crippen LogP contribution in [0, 0.1) is 6.92 Å². The highest BCUT2D eigenvalue weighted by Crippen LogP contribution is 2.33. The molecule has 178 valence electrons. The number of ether oxygens (including phenoxy) is 2. The van der Waals surface area contributed by atoms with Crippen LogP contribution in [-0.2, 0) is 20.9 Å². The first-order chi connectivity index (χ1) is 17.0. The third-order valence-electron chi connectivity index (χ3n) is 5.92. The molecule has 1 aliphatic heterocycles. The van der Waals surface area contributed by atoms with E-state index in [9.17, 15) is 9.59 Å². The van der Waals surface area contributed by atoms with Gasteiger partial charge < -0.3 is 18.3 Å². The van der Waals surface area contributed by atoms with Crippen molar-refractivity contribution in [3.05, 3.63) is 95.1 Å². The summed E-state index contributed by atoms with van der Waals surface area (Å²) in [6.45, 7) is 1.69. The van der Waals surface area contributed by atoms with Crippen LogP contribution in [0.4, 0.5) is 0 Å². The third-order valence-corrected chi connectivity index (χ3v) is 5.92. The van der Waals surface area contributed by atoms with Crippen molar-refractivity contribution in [3.63, 3.8) is 0 Å². The molecule has 8 heteroatoms. The van der Waals surface area contributed by atoms with Crippen molar-refractivity contribution in [3.8, 4) is 0 Å². The van der Waals surface area contributed by atoms with Crippen molar-refractivity contribution in [2.24, 2.45) is 5.10 Å². The fourth-order valence-corrected chi connectivity index (χ4v) is 4.17. The predicted molar refractivity (Wildman–Crippen MR) is 128 cm³/mol. The largest absolute Gasteiger partial charge is 0.467 e. The van der Waals surface area contributed by atoms with Gasteiger partial charge in [-0.2, -0.15) is 5.10 Å². The van der Waals surface area contributed by atoms with Gasteiger partial charge in [0.25, 0.3) is 5.91 Å². The maximum absolute atomic E-state index is 13.1. The van der Waals surface area contributed by atoms with Crippen molar-refractivity contribution in [2.75, 3.05) is 13.7 Å². The second kappa shape index (κ2) is 9.60. The molecule has 0 radical (unpaired) electrons. The van der Waals surface area contributed by atoms with Gasteiger partial charge in [-0.25, -0.2) is 9.80 Å². The second-order valence-corrected chi connectivity index (χ2v) is 8.30. The molecule has 1 atom stereocenters. The van der Waals surface area contributed by atoms with Gasteiger partial charge >= 0.3 is 5.97 Å². The summed E-state index contributed by atoms with van der Waals surface area (Å²) in [4.78, 5) is 26.0. The van der Waals surface area contributed by atoms with E-state index in [1.807, 2.05) is 49.4 Å². The number of benzene rings is 2. The van der Waals surface area contributed by atoms with Crippen molar-refractivity contribution in [2.45, 2.75) is 26.0 Å². The number of para-hydroxylation sites is 1. The second-order valence-electron chi connectivity index (χ2n) is 8.30. The number of rotatable bonds is 7. The number of nitrogens with zero attached hydrogens (tertiary/aromatic N) is 2. The van der Waals surface area contributed by atoms with E-state index in [-0.39, 0.29) is 12.4 Å². The van der Waals surface area contributed by atoms with Crippen LogP contribution in [0.3, 0.4) is 0 Å². The molecule has 5 rings (SSSR count). The first-order valence-electron chi connectivity index (χ1n) is 11.2. The smallest absolute Gasteiger partial charge is 0.375 e. The zero-order valence-corrected chi connectivity index (χ0v) is 19.4. The average molecular weight is 472 g/mol. The first kappa shape index (κ1) is 22.6. The Morgan fingerprint density at radius 2 is 1.89 bits per heavy atom. The summed E-state index contributed by atoms with van der Waals surface area (Å²) in [5.74, 6) is -0.576. The molecule has 0 N–H and O–H groups in total. The molecule has 3 heterocycles. The number of fused-ring (bicyclic) bond motifs is 1. The van der Waals surface area contributed by atoms with E-state index in [1.54, 1.807) is 24.5 Å². The number of aryl methyl sites for hydroxylation is 1. The lowest BCUT2D eigenvalue weighted by atomic mass is 10.0. The van der Waals surface area contributed by atoms with Gasteiger partial charge in [0.05, 0.1) is 18.6 Å². The monoisotopic (exact) mass is 472 g/mol.